The molecule has 2 aromatic carbocycles. The lowest BCUT2D eigenvalue weighted by Crippen LogP contribution is -2.37. The maximum atomic E-state index is 12.4. The molecule has 0 atom stereocenters. The van der Waals surface area contributed by atoms with Crippen LogP contribution in [0.4, 0.5) is 0 Å². The molecule has 0 aliphatic carbocycles. The molecule has 0 spiro atoms. The predicted molar refractivity (Wildman–Crippen MR) is 103 cm³/mol. The van der Waals surface area contributed by atoms with Gasteiger partial charge in [0.25, 0.3) is 0 Å². The van der Waals surface area contributed by atoms with Gasteiger partial charge in [-0.25, -0.2) is 0 Å². The van der Waals surface area contributed by atoms with E-state index < -0.39 is 0 Å². The summed E-state index contributed by atoms with van der Waals surface area (Å²) in [5.74, 6) is 0.214. The average molecular weight is 377 g/mol. The van der Waals surface area contributed by atoms with Crippen molar-refractivity contribution in [3.05, 3.63) is 69.2 Å². The third-order valence-electron chi connectivity index (χ3n) is 4.59. The number of benzene rings is 2. The summed E-state index contributed by atoms with van der Waals surface area (Å²) in [6, 6.07) is 13.9. The maximum Gasteiger partial charge on any atom is 0.224 e. The summed E-state index contributed by atoms with van der Waals surface area (Å²) in [5.41, 5.74) is 3.70. The fourth-order valence-electron chi connectivity index (χ4n) is 3.13. The summed E-state index contributed by atoms with van der Waals surface area (Å²) in [4.78, 5) is 14.3. The van der Waals surface area contributed by atoms with E-state index in [-0.39, 0.29) is 5.91 Å². The molecule has 1 heterocycles. The molecular formula is C20H22Cl2N2O. The zero-order valence-electron chi connectivity index (χ0n) is 14.1. The minimum absolute atomic E-state index is 0.214. The quantitative estimate of drug-likeness (QED) is 0.769. The monoisotopic (exact) mass is 376 g/mol. The molecule has 1 aliphatic rings. The molecule has 0 radical (unpaired) electrons. The molecule has 132 valence electrons. The first kappa shape index (κ1) is 18.2. The average Bonchev–Trinajstić information content (AvgIpc) is 2.62. The predicted octanol–water partition coefficient (Wildman–Crippen LogP) is 4.10. The standard InChI is InChI=1S/C20H22Cl2N2O/c21-18-6-5-16(19(22)13-18)7-10-23-11-8-20(25)24-12-9-15-3-1-2-4-17(15)14-24/h1-6,13,23H,7-12,14H2. The minimum atomic E-state index is 0.214. The summed E-state index contributed by atoms with van der Waals surface area (Å²) < 4.78 is 0. The second-order valence-electron chi connectivity index (χ2n) is 6.32. The van der Waals surface area contributed by atoms with Crippen LogP contribution >= 0.6 is 23.2 Å². The van der Waals surface area contributed by atoms with Gasteiger partial charge in [0.1, 0.15) is 0 Å². The summed E-state index contributed by atoms with van der Waals surface area (Å²) in [6.07, 6.45) is 2.29. The summed E-state index contributed by atoms with van der Waals surface area (Å²) in [5, 5.41) is 4.67. The molecule has 25 heavy (non-hydrogen) atoms. The highest BCUT2D eigenvalue weighted by Crippen LogP contribution is 2.21. The number of hydrogen-bond acceptors (Lipinski definition) is 2. The topological polar surface area (TPSA) is 32.3 Å². The van der Waals surface area contributed by atoms with Crippen molar-refractivity contribution in [1.82, 2.24) is 10.2 Å². The van der Waals surface area contributed by atoms with Gasteiger partial charge in [0, 0.05) is 36.1 Å². The molecule has 3 nitrogen and oxygen atoms in total. The highest BCUT2D eigenvalue weighted by Gasteiger charge is 2.19. The molecule has 0 saturated heterocycles. The molecular weight excluding hydrogens is 355 g/mol. The molecule has 2 aromatic rings. The van der Waals surface area contributed by atoms with Gasteiger partial charge in [-0.1, -0.05) is 53.5 Å². The van der Waals surface area contributed by atoms with Crippen molar-refractivity contribution in [2.75, 3.05) is 19.6 Å². The number of nitrogens with one attached hydrogen (secondary N) is 1. The van der Waals surface area contributed by atoms with Crippen LogP contribution in [0.2, 0.25) is 10.0 Å². The molecule has 1 N–H and O–H groups in total. The van der Waals surface area contributed by atoms with Gasteiger partial charge in [0.2, 0.25) is 5.91 Å². The second-order valence-corrected chi connectivity index (χ2v) is 7.16. The number of rotatable bonds is 6. The summed E-state index contributed by atoms with van der Waals surface area (Å²) in [6.45, 7) is 3.02. The van der Waals surface area contributed by atoms with E-state index in [9.17, 15) is 4.79 Å². The smallest absolute Gasteiger partial charge is 0.224 e. The first-order valence-electron chi connectivity index (χ1n) is 8.62. The maximum absolute atomic E-state index is 12.4. The first-order valence-corrected chi connectivity index (χ1v) is 9.38. The van der Waals surface area contributed by atoms with E-state index in [0.29, 0.717) is 23.0 Å². The highest BCUT2D eigenvalue weighted by atomic mass is 35.5. The number of nitrogens with zero attached hydrogens (tertiary/aromatic N) is 1. The number of hydrogen-bond donors (Lipinski definition) is 1. The number of carbonyl (C=O) groups excluding carboxylic acids is 1. The fraction of sp³-hybridized carbons (Fsp3) is 0.350. The largest absolute Gasteiger partial charge is 0.338 e. The van der Waals surface area contributed by atoms with Gasteiger partial charge in [0.05, 0.1) is 0 Å². The van der Waals surface area contributed by atoms with Gasteiger partial charge in [-0.3, -0.25) is 4.79 Å². The van der Waals surface area contributed by atoms with Crippen LogP contribution in [0, 0.1) is 0 Å². The van der Waals surface area contributed by atoms with Gasteiger partial charge in [0.15, 0.2) is 0 Å². The highest BCUT2D eigenvalue weighted by molar-refractivity contribution is 6.35. The Morgan fingerprint density at radius 1 is 1.08 bits per heavy atom. The Balaban J connectivity index is 1.38. The van der Waals surface area contributed by atoms with E-state index in [1.807, 2.05) is 23.1 Å². The first-order chi connectivity index (χ1) is 12.1. The van der Waals surface area contributed by atoms with E-state index in [1.54, 1.807) is 6.07 Å². The molecule has 0 fully saturated rings. The molecule has 3 rings (SSSR count). The summed E-state index contributed by atoms with van der Waals surface area (Å²) >= 11 is 12.1. The second kappa shape index (κ2) is 8.70. The van der Waals surface area contributed by atoms with Crippen molar-refractivity contribution in [2.45, 2.75) is 25.8 Å². The number of carbonyl (C=O) groups is 1. The Morgan fingerprint density at radius 2 is 1.88 bits per heavy atom. The molecule has 0 bridgehead atoms. The minimum Gasteiger partial charge on any atom is -0.338 e. The Bertz CT molecular complexity index is 748. The lowest BCUT2D eigenvalue weighted by Gasteiger charge is -2.29. The van der Waals surface area contributed by atoms with Gasteiger partial charge in [-0.05, 0) is 48.2 Å². The van der Waals surface area contributed by atoms with Crippen LogP contribution in [0.15, 0.2) is 42.5 Å². The molecule has 5 heteroatoms. The third kappa shape index (κ3) is 4.97. The van der Waals surface area contributed by atoms with Crippen LogP contribution in [-0.2, 0) is 24.2 Å². The SMILES string of the molecule is O=C(CCNCCc1ccc(Cl)cc1Cl)N1CCc2ccccc2C1. The van der Waals surface area contributed by atoms with Crippen LogP contribution in [-0.4, -0.2) is 30.4 Å². The Kier molecular flexibility index (Phi) is 6.35. The van der Waals surface area contributed by atoms with Crippen LogP contribution in [0.25, 0.3) is 0 Å². The molecule has 0 saturated carbocycles. The van der Waals surface area contributed by atoms with E-state index in [0.717, 1.165) is 38.0 Å². The molecule has 0 unspecified atom stereocenters. The van der Waals surface area contributed by atoms with Gasteiger partial charge < -0.3 is 10.2 Å². The number of fused-ring (bicyclic) bond motifs is 1. The van der Waals surface area contributed by atoms with Crippen LogP contribution < -0.4 is 5.32 Å². The van der Waals surface area contributed by atoms with Gasteiger partial charge in [-0.2, -0.15) is 0 Å². The van der Waals surface area contributed by atoms with E-state index in [1.165, 1.54) is 11.1 Å². The van der Waals surface area contributed by atoms with Crippen LogP contribution in [0.5, 0.6) is 0 Å². The van der Waals surface area contributed by atoms with Crippen molar-refractivity contribution in [2.24, 2.45) is 0 Å². The number of halogens is 2. The Labute approximate surface area is 158 Å². The van der Waals surface area contributed by atoms with Gasteiger partial charge >= 0.3 is 0 Å². The van der Waals surface area contributed by atoms with Crippen molar-refractivity contribution in [3.63, 3.8) is 0 Å². The van der Waals surface area contributed by atoms with Crippen molar-refractivity contribution in [3.8, 4) is 0 Å². The van der Waals surface area contributed by atoms with E-state index in [2.05, 4.69) is 23.5 Å². The molecule has 1 amide bonds. The van der Waals surface area contributed by atoms with Crippen molar-refractivity contribution < 1.29 is 4.79 Å². The lowest BCUT2D eigenvalue weighted by atomic mass is 10.00. The normalized spacial score (nSPS) is 13.6. The van der Waals surface area contributed by atoms with Crippen LogP contribution in [0.3, 0.4) is 0 Å². The van der Waals surface area contributed by atoms with E-state index in [4.69, 9.17) is 23.2 Å². The van der Waals surface area contributed by atoms with Crippen LogP contribution in [0.1, 0.15) is 23.1 Å². The Hall–Kier alpha value is -1.55. The van der Waals surface area contributed by atoms with Crippen molar-refractivity contribution in [1.29, 1.82) is 0 Å². The zero-order valence-corrected chi connectivity index (χ0v) is 15.6. The fourth-order valence-corrected chi connectivity index (χ4v) is 3.64. The van der Waals surface area contributed by atoms with Crippen molar-refractivity contribution >= 4 is 29.1 Å². The molecule has 0 aromatic heterocycles. The zero-order chi connectivity index (χ0) is 17.6. The summed E-state index contributed by atoms with van der Waals surface area (Å²) in [7, 11) is 0. The lowest BCUT2D eigenvalue weighted by molar-refractivity contribution is -0.132. The third-order valence-corrected chi connectivity index (χ3v) is 5.17. The van der Waals surface area contributed by atoms with E-state index >= 15 is 0 Å². The number of amides is 1. The Morgan fingerprint density at radius 3 is 2.68 bits per heavy atom. The van der Waals surface area contributed by atoms with Gasteiger partial charge in [-0.15, -0.1) is 0 Å². The molecule has 1 aliphatic heterocycles.